The molecule has 0 atom stereocenters. The summed E-state index contributed by atoms with van der Waals surface area (Å²) in [7, 11) is 0. The molecule has 1 N–H and O–H groups in total. The van der Waals surface area contributed by atoms with Gasteiger partial charge in [0.15, 0.2) is 0 Å². The van der Waals surface area contributed by atoms with E-state index in [9.17, 15) is 22.4 Å². The van der Waals surface area contributed by atoms with E-state index in [1.165, 1.54) is 48.5 Å². The molecule has 1 amide bonds. The van der Waals surface area contributed by atoms with E-state index in [0.29, 0.717) is 16.8 Å². The van der Waals surface area contributed by atoms with Crippen LogP contribution in [-0.2, 0) is 6.18 Å². The molecule has 0 aliphatic rings. The van der Waals surface area contributed by atoms with E-state index >= 15 is 0 Å². The van der Waals surface area contributed by atoms with E-state index in [2.05, 4.69) is 5.32 Å². The molecular formula is C21H15F4NO. The van der Waals surface area contributed by atoms with E-state index in [-0.39, 0.29) is 11.1 Å². The van der Waals surface area contributed by atoms with Crippen LogP contribution in [0.2, 0.25) is 0 Å². The minimum atomic E-state index is -4.47. The first kappa shape index (κ1) is 18.6. The quantitative estimate of drug-likeness (QED) is 0.555. The Morgan fingerprint density at radius 2 is 1.56 bits per heavy atom. The highest BCUT2D eigenvalue weighted by Crippen LogP contribution is 2.37. The summed E-state index contributed by atoms with van der Waals surface area (Å²) < 4.78 is 53.5. The van der Waals surface area contributed by atoms with Gasteiger partial charge in [0.05, 0.1) is 11.1 Å². The first-order valence-corrected chi connectivity index (χ1v) is 8.10. The van der Waals surface area contributed by atoms with Crippen molar-refractivity contribution in [1.82, 2.24) is 0 Å². The van der Waals surface area contributed by atoms with Gasteiger partial charge < -0.3 is 5.32 Å². The molecule has 27 heavy (non-hydrogen) atoms. The van der Waals surface area contributed by atoms with Crippen molar-refractivity contribution in [2.75, 3.05) is 5.32 Å². The molecule has 0 unspecified atom stereocenters. The Morgan fingerprint density at radius 1 is 0.889 bits per heavy atom. The predicted molar refractivity (Wildman–Crippen MR) is 96.0 cm³/mol. The number of rotatable bonds is 3. The highest BCUT2D eigenvalue weighted by atomic mass is 19.4. The minimum absolute atomic E-state index is 0.0487. The van der Waals surface area contributed by atoms with Crippen LogP contribution in [0.3, 0.4) is 0 Å². The Labute approximate surface area is 153 Å². The normalized spacial score (nSPS) is 11.3. The molecule has 0 bridgehead atoms. The zero-order valence-corrected chi connectivity index (χ0v) is 14.3. The number of hydrogen-bond donors (Lipinski definition) is 1. The molecule has 0 aromatic heterocycles. The van der Waals surface area contributed by atoms with Gasteiger partial charge in [0.1, 0.15) is 5.82 Å². The van der Waals surface area contributed by atoms with Crippen molar-refractivity contribution in [2.45, 2.75) is 13.1 Å². The van der Waals surface area contributed by atoms with Gasteiger partial charge in [-0.2, -0.15) is 13.2 Å². The highest BCUT2D eigenvalue weighted by molar-refractivity contribution is 6.04. The standard InChI is InChI=1S/C21H15F4NO/c1-13-5-4-7-17(19(13)22)20(27)26-15-11-9-14(10-12-15)16-6-2-3-8-18(16)21(23,24)25/h2-12H,1H3,(H,26,27). The molecular weight excluding hydrogens is 358 g/mol. The third-order valence-corrected chi connectivity index (χ3v) is 4.12. The third kappa shape index (κ3) is 4.00. The Bertz CT molecular complexity index is 978. The summed E-state index contributed by atoms with van der Waals surface area (Å²) in [4.78, 5) is 12.2. The molecule has 0 fully saturated rings. The van der Waals surface area contributed by atoms with Crippen LogP contribution in [0.5, 0.6) is 0 Å². The van der Waals surface area contributed by atoms with Crippen molar-refractivity contribution < 1.29 is 22.4 Å². The molecule has 3 aromatic carbocycles. The molecule has 0 heterocycles. The Balaban J connectivity index is 1.85. The monoisotopic (exact) mass is 373 g/mol. The molecule has 0 saturated carbocycles. The largest absolute Gasteiger partial charge is 0.417 e. The summed E-state index contributed by atoms with van der Waals surface area (Å²) in [5.74, 6) is -1.23. The molecule has 2 nitrogen and oxygen atoms in total. The van der Waals surface area contributed by atoms with Crippen molar-refractivity contribution in [3.8, 4) is 11.1 Å². The second kappa shape index (κ2) is 7.23. The number of amides is 1. The second-order valence-electron chi connectivity index (χ2n) is 6.01. The van der Waals surface area contributed by atoms with E-state index < -0.39 is 23.5 Å². The molecule has 138 valence electrons. The smallest absolute Gasteiger partial charge is 0.322 e. The highest BCUT2D eigenvalue weighted by Gasteiger charge is 2.33. The van der Waals surface area contributed by atoms with Crippen molar-refractivity contribution in [2.24, 2.45) is 0 Å². The molecule has 0 aliphatic heterocycles. The average Bonchev–Trinajstić information content (AvgIpc) is 2.64. The Hall–Kier alpha value is -3.15. The lowest BCUT2D eigenvalue weighted by Crippen LogP contribution is -2.14. The molecule has 6 heteroatoms. The number of hydrogen-bond acceptors (Lipinski definition) is 1. The van der Waals surface area contributed by atoms with Gasteiger partial charge in [-0.3, -0.25) is 4.79 Å². The summed E-state index contributed by atoms with van der Waals surface area (Å²) in [6.07, 6.45) is -4.47. The fraction of sp³-hybridized carbons (Fsp3) is 0.0952. The lowest BCUT2D eigenvalue weighted by molar-refractivity contribution is -0.137. The van der Waals surface area contributed by atoms with Crippen molar-refractivity contribution in [3.05, 3.63) is 89.2 Å². The number of carbonyl (C=O) groups is 1. The van der Waals surface area contributed by atoms with Gasteiger partial charge in [0.25, 0.3) is 5.91 Å². The lowest BCUT2D eigenvalue weighted by atomic mass is 9.99. The van der Waals surface area contributed by atoms with Gasteiger partial charge in [0.2, 0.25) is 0 Å². The summed E-state index contributed by atoms with van der Waals surface area (Å²) in [5, 5.41) is 2.55. The van der Waals surface area contributed by atoms with Crippen LogP contribution in [0.4, 0.5) is 23.2 Å². The molecule has 0 spiro atoms. The number of alkyl halides is 3. The zero-order valence-electron chi connectivity index (χ0n) is 14.3. The van der Waals surface area contributed by atoms with E-state index in [1.54, 1.807) is 19.1 Å². The van der Waals surface area contributed by atoms with Crippen LogP contribution in [0, 0.1) is 12.7 Å². The van der Waals surface area contributed by atoms with Crippen LogP contribution in [0.1, 0.15) is 21.5 Å². The maximum Gasteiger partial charge on any atom is 0.417 e. The summed E-state index contributed by atoms with van der Waals surface area (Å²) >= 11 is 0. The van der Waals surface area contributed by atoms with Gasteiger partial charge in [-0.15, -0.1) is 0 Å². The predicted octanol–water partition coefficient (Wildman–Crippen LogP) is 6.07. The summed E-state index contributed by atoms with van der Waals surface area (Å²) in [6.45, 7) is 1.55. The third-order valence-electron chi connectivity index (χ3n) is 4.12. The number of aryl methyl sites for hydroxylation is 1. The van der Waals surface area contributed by atoms with Gasteiger partial charge in [0, 0.05) is 5.69 Å². The summed E-state index contributed by atoms with van der Waals surface area (Å²) in [5.41, 5.74) is 0.288. The number of carbonyl (C=O) groups excluding carboxylic acids is 1. The van der Waals surface area contributed by atoms with Gasteiger partial charge in [-0.05, 0) is 47.9 Å². The van der Waals surface area contributed by atoms with Crippen LogP contribution >= 0.6 is 0 Å². The molecule has 0 radical (unpaired) electrons. The summed E-state index contributed by atoms with van der Waals surface area (Å²) in [6, 6.07) is 15.7. The van der Waals surface area contributed by atoms with E-state index in [1.807, 2.05) is 0 Å². The van der Waals surface area contributed by atoms with Gasteiger partial charge >= 0.3 is 6.18 Å². The Morgan fingerprint density at radius 3 is 2.22 bits per heavy atom. The molecule has 3 rings (SSSR count). The average molecular weight is 373 g/mol. The van der Waals surface area contributed by atoms with Crippen LogP contribution in [0.25, 0.3) is 11.1 Å². The van der Waals surface area contributed by atoms with Gasteiger partial charge in [-0.25, -0.2) is 4.39 Å². The van der Waals surface area contributed by atoms with Crippen LogP contribution in [0.15, 0.2) is 66.7 Å². The van der Waals surface area contributed by atoms with Crippen molar-refractivity contribution >= 4 is 11.6 Å². The zero-order chi connectivity index (χ0) is 19.6. The molecule has 0 aliphatic carbocycles. The fourth-order valence-electron chi connectivity index (χ4n) is 2.74. The molecule has 0 saturated heterocycles. The second-order valence-corrected chi connectivity index (χ2v) is 6.01. The van der Waals surface area contributed by atoms with E-state index in [4.69, 9.17) is 0 Å². The van der Waals surface area contributed by atoms with Crippen molar-refractivity contribution in [1.29, 1.82) is 0 Å². The topological polar surface area (TPSA) is 29.1 Å². The fourth-order valence-corrected chi connectivity index (χ4v) is 2.74. The van der Waals surface area contributed by atoms with Gasteiger partial charge in [-0.1, -0.05) is 42.5 Å². The first-order chi connectivity index (χ1) is 12.8. The Kier molecular flexibility index (Phi) is 4.99. The first-order valence-electron chi connectivity index (χ1n) is 8.10. The number of nitrogens with one attached hydrogen (secondary N) is 1. The maximum atomic E-state index is 14.0. The lowest BCUT2D eigenvalue weighted by Gasteiger charge is -2.13. The number of benzene rings is 3. The number of anilines is 1. The van der Waals surface area contributed by atoms with Crippen molar-refractivity contribution in [3.63, 3.8) is 0 Å². The van der Waals surface area contributed by atoms with Crippen LogP contribution < -0.4 is 5.32 Å². The SMILES string of the molecule is Cc1cccc(C(=O)Nc2ccc(-c3ccccc3C(F)(F)F)cc2)c1F. The maximum absolute atomic E-state index is 14.0. The molecule has 3 aromatic rings. The van der Waals surface area contributed by atoms with E-state index in [0.717, 1.165) is 6.07 Å². The number of halogens is 4. The van der Waals surface area contributed by atoms with Crippen LogP contribution in [-0.4, -0.2) is 5.91 Å². The minimum Gasteiger partial charge on any atom is -0.322 e.